The van der Waals surface area contributed by atoms with Gasteiger partial charge in [0, 0.05) is 42.9 Å². The van der Waals surface area contributed by atoms with E-state index in [1.165, 1.54) is 17.0 Å². The molecule has 0 spiro atoms. The fourth-order valence-corrected chi connectivity index (χ4v) is 3.81. The molecule has 23 heavy (non-hydrogen) atoms. The van der Waals surface area contributed by atoms with Crippen LogP contribution in [0, 0.1) is 6.92 Å². The number of rotatable bonds is 3. The molecule has 6 heteroatoms. The van der Waals surface area contributed by atoms with E-state index >= 15 is 0 Å². The lowest BCUT2D eigenvalue weighted by Crippen LogP contribution is -2.44. The van der Waals surface area contributed by atoms with Gasteiger partial charge in [-0.05, 0) is 59.7 Å². The number of nitrogens with one attached hydrogen (secondary N) is 1. The largest absolute Gasteiger partial charge is 0.369 e. The molecule has 0 atom stereocenters. The van der Waals surface area contributed by atoms with E-state index in [2.05, 4.69) is 50.2 Å². The Labute approximate surface area is 149 Å². The predicted octanol–water partition coefficient (Wildman–Crippen LogP) is 3.82. The Morgan fingerprint density at radius 1 is 1.22 bits per heavy atom. The van der Waals surface area contributed by atoms with E-state index in [0.29, 0.717) is 5.56 Å². The van der Waals surface area contributed by atoms with E-state index in [0.717, 1.165) is 41.2 Å². The number of aryl methyl sites for hydroxylation is 1. The zero-order chi connectivity index (χ0) is 16.4. The fourth-order valence-electron chi connectivity index (χ4n) is 2.67. The van der Waals surface area contributed by atoms with E-state index < -0.39 is 0 Å². The summed E-state index contributed by atoms with van der Waals surface area (Å²) in [4.78, 5) is 17.0. The van der Waals surface area contributed by atoms with Crippen LogP contribution in [0.2, 0.25) is 0 Å². The molecule has 0 unspecified atom stereocenters. The molecule has 4 nitrogen and oxygen atoms in total. The number of hydrogen-bond acceptors (Lipinski definition) is 4. The van der Waals surface area contributed by atoms with Gasteiger partial charge >= 0.3 is 0 Å². The van der Waals surface area contributed by atoms with Crippen LogP contribution in [0.25, 0.3) is 0 Å². The second-order valence-electron chi connectivity index (χ2n) is 5.88. The van der Waals surface area contributed by atoms with E-state index in [9.17, 15) is 4.79 Å². The number of nitrogens with zero attached hydrogens (tertiary/aromatic N) is 2. The van der Waals surface area contributed by atoms with Crippen molar-refractivity contribution in [3.05, 3.63) is 44.6 Å². The molecular weight excluding hydrogens is 374 g/mol. The van der Waals surface area contributed by atoms with Crippen LogP contribution in [0.15, 0.2) is 33.4 Å². The average Bonchev–Trinajstić information content (AvgIpc) is 2.97. The monoisotopic (exact) mass is 393 g/mol. The minimum Gasteiger partial charge on any atom is -0.369 e. The molecule has 2 heterocycles. The summed E-state index contributed by atoms with van der Waals surface area (Å²) in [6.07, 6.45) is 0. The second-order valence-corrected chi connectivity index (χ2v) is 8.17. The Hall–Kier alpha value is -1.37. The van der Waals surface area contributed by atoms with E-state index in [1.54, 1.807) is 0 Å². The van der Waals surface area contributed by atoms with Crippen molar-refractivity contribution in [2.45, 2.75) is 6.92 Å². The smallest absolute Gasteiger partial charge is 0.256 e. The standard InChI is InChI=1S/C17H20BrN3OS/c1-12-9-14(21-7-5-20(2)6-8-21)3-4-15(12)19-17(22)13-10-16(18)23-11-13/h3-4,9-11H,5-8H2,1-2H3,(H,19,22). The van der Waals surface area contributed by atoms with Gasteiger partial charge in [0.15, 0.2) is 0 Å². The van der Waals surface area contributed by atoms with Gasteiger partial charge in [-0.2, -0.15) is 0 Å². The molecule has 1 fully saturated rings. The molecule has 1 aromatic carbocycles. The molecule has 1 N–H and O–H groups in total. The Bertz CT molecular complexity index is 708. The normalized spacial score (nSPS) is 15.7. The molecule has 0 bridgehead atoms. The summed E-state index contributed by atoms with van der Waals surface area (Å²) >= 11 is 4.90. The van der Waals surface area contributed by atoms with E-state index in [-0.39, 0.29) is 5.91 Å². The first-order valence-electron chi connectivity index (χ1n) is 7.62. The van der Waals surface area contributed by atoms with Crippen molar-refractivity contribution >= 4 is 44.5 Å². The van der Waals surface area contributed by atoms with E-state index in [1.807, 2.05) is 24.4 Å². The fraction of sp³-hybridized carbons (Fsp3) is 0.353. The van der Waals surface area contributed by atoms with Gasteiger partial charge in [-0.15, -0.1) is 11.3 Å². The number of halogens is 1. The number of hydrogen-bond donors (Lipinski definition) is 1. The molecule has 2 aromatic rings. The molecule has 1 aliphatic heterocycles. The van der Waals surface area contributed by atoms with Crippen molar-refractivity contribution in [3.63, 3.8) is 0 Å². The number of benzene rings is 1. The molecule has 0 radical (unpaired) electrons. The van der Waals surface area contributed by atoms with Gasteiger partial charge in [0.1, 0.15) is 0 Å². The van der Waals surface area contributed by atoms with Crippen LogP contribution in [0.3, 0.4) is 0 Å². The summed E-state index contributed by atoms with van der Waals surface area (Å²) in [5.41, 5.74) is 3.87. The summed E-state index contributed by atoms with van der Waals surface area (Å²) in [6, 6.07) is 8.10. The number of thiophene rings is 1. The average molecular weight is 394 g/mol. The highest BCUT2D eigenvalue weighted by molar-refractivity contribution is 9.11. The van der Waals surface area contributed by atoms with Gasteiger partial charge in [-0.3, -0.25) is 4.79 Å². The van der Waals surface area contributed by atoms with Crippen LogP contribution in [0.4, 0.5) is 11.4 Å². The number of carbonyl (C=O) groups excluding carboxylic acids is 1. The van der Waals surface area contributed by atoms with Gasteiger partial charge in [-0.1, -0.05) is 0 Å². The third-order valence-electron chi connectivity index (χ3n) is 4.16. The number of amides is 1. The van der Waals surface area contributed by atoms with Crippen molar-refractivity contribution in [1.29, 1.82) is 0 Å². The highest BCUT2D eigenvalue weighted by atomic mass is 79.9. The van der Waals surface area contributed by atoms with Crippen molar-refractivity contribution in [1.82, 2.24) is 4.90 Å². The third-order valence-corrected chi connectivity index (χ3v) is 5.66. The van der Waals surface area contributed by atoms with Crippen molar-refractivity contribution in [2.75, 3.05) is 43.4 Å². The molecule has 1 amide bonds. The Kier molecular flexibility index (Phi) is 5.04. The van der Waals surface area contributed by atoms with Crippen molar-refractivity contribution < 1.29 is 4.79 Å². The number of piperazine rings is 1. The molecule has 1 saturated heterocycles. The van der Waals surface area contributed by atoms with Gasteiger partial charge < -0.3 is 15.1 Å². The first kappa shape index (κ1) is 16.5. The lowest BCUT2D eigenvalue weighted by Gasteiger charge is -2.34. The summed E-state index contributed by atoms with van der Waals surface area (Å²) in [5.74, 6) is -0.0672. The van der Waals surface area contributed by atoms with Crippen LogP contribution in [-0.4, -0.2) is 44.0 Å². The molecule has 1 aliphatic rings. The molecule has 0 saturated carbocycles. The lowest BCUT2D eigenvalue weighted by molar-refractivity contribution is 0.102. The van der Waals surface area contributed by atoms with Crippen LogP contribution in [0.1, 0.15) is 15.9 Å². The maximum absolute atomic E-state index is 12.3. The van der Waals surface area contributed by atoms with Crippen LogP contribution in [0.5, 0.6) is 0 Å². The van der Waals surface area contributed by atoms with Crippen LogP contribution < -0.4 is 10.2 Å². The molecule has 1 aromatic heterocycles. The van der Waals surface area contributed by atoms with Gasteiger partial charge in [-0.25, -0.2) is 0 Å². The highest BCUT2D eigenvalue weighted by Gasteiger charge is 2.15. The van der Waals surface area contributed by atoms with Crippen LogP contribution in [-0.2, 0) is 0 Å². The number of likely N-dealkylation sites (N-methyl/N-ethyl adjacent to an activating group) is 1. The van der Waals surface area contributed by atoms with Gasteiger partial charge in [0.25, 0.3) is 5.91 Å². The summed E-state index contributed by atoms with van der Waals surface area (Å²) in [7, 11) is 2.16. The van der Waals surface area contributed by atoms with E-state index in [4.69, 9.17) is 0 Å². The van der Waals surface area contributed by atoms with Crippen molar-refractivity contribution in [2.24, 2.45) is 0 Å². The summed E-state index contributed by atoms with van der Waals surface area (Å²) in [6.45, 7) is 6.31. The first-order valence-corrected chi connectivity index (χ1v) is 9.30. The van der Waals surface area contributed by atoms with Crippen LogP contribution >= 0.6 is 27.3 Å². The summed E-state index contributed by atoms with van der Waals surface area (Å²) < 4.78 is 0.963. The third kappa shape index (κ3) is 3.94. The number of anilines is 2. The zero-order valence-corrected chi connectivity index (χ0v) is 15.7. The predicted molar refractivity (Wildman–Crippen MR) is 101 cm³/mol. The summed E-state index contributed by atoms with van der Waals surface area (Å²) in [5, 5.41) is 4.85. The minimum absolute atomic E-state index is 0.0672. The van der Waals surface area contributed by atoms with Gasteiger partial charge in [0.2, 0.25) is 0 Å². The molecule has 0 aliphatic carbocycles. The lowest BCUT2D eigenvalue weighted by atomic mass is 10.1. The highest BCUT2D eigenvalue weighted by Crippen LogP contribution is 2.25. The topological polar surface area (TPSA) is 35.6 Å². The maximum atomic E-state index is 12.3. The first-order chi connectivity index (χ1) is 11.0. The second kappa shape index (κ2) is 7.03. The Morgan fingerprint density at radius 3 is 2.57 bits per heavy atom. The van der Waals surface area contributed by atoms with Crippen molar-refractivity contribution in [3.8, 4) is 0 Å². The Balaban J connectivity index is 1.71. The minimum atomic E-state index is -0.0672. The molecule has 122 valence electrons. The van der Waals surface area contributed by atoms with Gasteiger partial charge in [0.05, 0.1) is 9.35 Å². The SMILES string of the molecule is Cc1cc(N2CCN(C)CC2)ccc1NC(=O)c1csc(Br)c1. The Morgan fingerprint density at radius 2 is 1.96 bits per heavy atom. The number of carbonyl (C=O) groups is 1. The molecular formula is C17H20BrN3OS. The quantitative estimate of drug-likeness (QED) is 0.860. The molecule has 3 rings (SSSR count). The maximum Gasteiger partial charge on any atom is 0.256 e. The zero-order valence-electron chi connectivity index (χ0n) is 13.3.